The topological polar surface area (TPSA) is 26.0 Å². The summed E-state index contributed by atoms with van der Waals surface area (Å²) in [5.74, 6) is 0.393. The summed E-state index contributed by atoms with van der Waals surface area (Å²) in [6, 6.07) is 14.2. The second-order valence-electron chi connectivity index (χ2n) is 5.06. The van der Waals surface area contributed by atoms with Crippen molar-refractivity contribution in [2.45, 2.75) is 24.8 Å². The molecule has 2 aromatic carbocycles. The lowest BCUT2D eigenvalue weighted by molar-refractivity contribution is 0.530. The Balaban J connectivity index is 2.06. The number of halogens is 2. The van der Waals surface area contributed by atoms with Crippen LogP contribution in [-0.2, 0) is 0 Å². The lowest BCUT2D eigenvalue weighted by atomic mass is 9.77. The Labute approximate surface area is 123 Å². The van der Waals surface area contributed by atoms with Crippen LogP contribution in [0.25, 0.3) is 0 Å². The van der Waals surface area contributed by atoms with E-state index in [4.69, 9.17) is 28.9 Å². The molecule has 1 nitrogen and oxygen atoms in total. The van der Waals surface area contributed by atoms with Crippen LogP contribution in [0, 0.1) is 0 Å². The van der Waals surface area contributed by atoms with Gasteiger partial charge in [0.25, 0.3) is 0 Å². The van der Waals surface area contributed by atoms with Gasteiger partial charge in [0, 0.05) is 22.0 Å². The first kappa shape index (κ1) is 13.0. The Morgan fingerprint density at radius 2 is 1.53 bits per heavy atom. The van der Waals surface area contributed by atoms with E-state index < -0.39 is 0 Å². The number of benzene rings is 2. The molecule has 2 unspecified atom stereocenters. The molecule has 0 saturated heterocycles. The molecule has 0 aromatic heterocycles. The molecule has 0 fully saturated rings. The number of rotatable bonds is 1. The number of hydrogen-bond donors (Lipinski definition) is 1. The fraction of sp³-hybridized carbons (Fsp3) is 0.250. The first-order chi connectivity index (χ1) is 9.15. The predicted molar refractivity (Wildman–Crippen MR) is 80.9 cm³/mol. The molecule has 0 spiro atoms. The van der Waals surface area contributed by atoms with Crippen molar-refractivity contribution in [3.05, 3.63) is 69.2 Å². The van der Waals surface area contributed by atoms with Crippen molar-refractivity contribution < 1.29 is 0 Å². The van der Waals surface area contributed by atoms with Gasteiger partial charge in [-0.25, -0.2) is 0 Å². The van der Waals surface area contributed by atoms with Gasteiger partial charge in [-0.2, -0.15) is 0 Å². The summed E-state index contributed by atoms with van der Waals surface area (Å²) in [5, 5.41) is 1.53. The monoisotopic (exact) mass is 291 g/mol. The SMILES string of the molecule is NC1CCC(c2ccc(Cl)cc2)c2ccc(Cl)cc21. The number of fused-ring (bicyclic) bond motifs is 1. The minimum Gasteiger partial charge on any atom is -0.324 e. The largest absolute Gasteiger partial charge is 0.324 e. The van der Waals surface area contributed by atoms with Gasteiger partial charge in [-0.05, 0) is 53.8 Å². The lowest BCUT2D eigenvalue weighted by Crippen LogP contribution is -2.21. The Morgan fingerprint density at radius 3 is 2.26 bits per heavy atom. The number of hydrogen-bond acceptors (Lipinski definition) is 1. The molecule has 2 N–H and O–H groups in total. The molecule has 3 rings (SSSR count). The molecule has 3 heteroatoms. The lowest BCUT2D eigenvalue weighted by Gasteiger charge is -2.30. The molecule has 1 aliphatic carbocycles. The Kier molecular flexibility index (Phi) is 3.53. The second kappa shape index (κ2) is 5.16. The van der Waals surface area contributed by atoms with E-state index in [1.54, 1.807) is 0 Å². The van der Waals surface area contributed by atoms with Crippen molar-refractivity contribution in [1.82, 2.24) is 0 Å². The average Bonchev–Trinajstić information content (AvgIpc) is 2.41. The summed E-state index contributed by atoms with van der Waals surface area (Å²) in [6.45, 7) is 0. The van der Waals surface area contributed by atoms with Crippen LogP contribution in [-0.4, -0.2) is 0 Å². The van der Waals surface area contributed by atoms with Crippen LogP contribution < -0.4 is 5.73 Å². The normalized spacial score (nSPS) is 22.1. The average molecular weight is 292 g/mol. The molecular formula is C16H15Cl2N. The van der Waals surface area contributed by atoms with E-state index in [1.165, 1.54) is 16.7 Å². The second-order valence-corrected chi connectivity index (χ2v) is 5.93. The van der Waals surface area contributed by atoms with Crippen molar-refractivity contribution in [3.8, 4) is 0 Å². The zero-order valence-corrected chi connectivity index (χ0v) is 12.0. The highest BCUT2D eigenvalue weighted by Gasteiger charge is 2.26. The molecule has 2 atom stereocenters. The molecular weight excluding hydrogens is 277 g/mol. The molecule has 0 heterocycles. The van der Waals surface area contributed by atoms with Crippen molar-refractivity contribution >= 4 is 23.2 Å². The fourth-order valence-electron chi connectivity index (χ4n) is 2.88. The summed E-state index contributed by atoms with van der Waals surface area (Å²) in [5.41, 5.74) is 9.97. The van der Waals surface area contributed by atoms with E-state index >= 15 is 0 Å². The van der Waals surface area contributed by atoms with Crippen molar-refractivity contribution in [2.24, 2.45) is 5.73 Å². The van der Waals surface area contributed by atoms with Gasteiger partial charge in [-0.15, -0.1) is 0 Å². The molecule has 0 saturated carbocycles. The Morgan fingerprint density at radius 1 is 0.842 bits per heavy atom. The highest BCUT2D eigenvalue weighted by Crippen LogP contribution is 2.41. The van der Waals surface area contributed by atoms with E-state index in [0.717, 1.165) is 22.9 Å². The minimum atomic E-state index is 0.0947. The van der Waals surface area contributed by atoms with Gasteiger partial charge in [-0.3, -0.25) is 0 Å². The maximum Gasteiger partial charge on any atom is 0.0409 e. The van der Waals surface area contributed by atoms with Crippen LogP contribution in [0.3, 0.4) is 0 Å². The molecule has 19 heavy (non-hydrogen) atoms. The zero-order chi connectivity index (χ0) is 13.4. The van der Waals surface area contributed by atoms with Crippen LogP contribution >= 0.6 is 23.2 Å². The van der Waals surface area contributed by atoms with Gasteiger partial charge in [0.2, 0.25) is 0 Å². The van der Waals surface area contributed by atoms with Crippen LogP contribution in [0.15, 0.2) is 42.5 Å². The van der Waals surface area contributed by atoms with E-state index in [1.807, 2.05) is 24.3 Å². The van der Waals surface area contributed by atoms with Crippen LogP contribution in [0.5, 0.6) is 0 Å². The molecule has 1 aliphatic rings. The summed E-state index contributed by atoms with van der Waals surface area (Å²) in [7, 11) is 0. The highest BCUT2D eigenvalue weighted by molar-refractivity contribution is 6.30. The summed E-state index contributed by atoms with van der Waals surface area (Å²) in [4.78, 5) is 0. The standard InChI is InChI=1S/C16H15Cl2N/c17-11-3-1-10(2-4-11)13-7-8-16(19)15-9-12(18)5-6-14(13)15/h1-6,9,13,16H,7-8,19H2. The van der Waals surface area contributed by atoms with Gasteiger partial charge < -0.3 is 5.73 Å². The molecule has 0 aliphatic heterocycles. The van der Waals surface area contributed by atoms with Crippen LogP contribution in [0.4, 0.5) is 0 Å². The quantitative estimate of drug-likeness (QED) is 0.793. The van der Waals surface area contributed by atoms with Crippen molar-refractivity contribution in [1.29, 1.82) is 0 Å². The molecule has 0 amide bonds. The van der Waals surface area contributed by atoms with Gasteiger partial charge in [0.1, 0.15) is 0 Å². The Hall–Kier alpha value is -1.02. The van der Waals surface area contributed by atoms with E-state index in [2.05, 4.69) is 18.2 Å². The van der Waals surface area contributed by atoms with Crippen molar-refractivity contribution in [2.75, 3.05) is 0 Å². The van der Waals surface area contributed by atoms with Crippen LogP contribution in [0.1, 0.15) is 41.5 Å². The summed E-state index contributed by atoms with van der Waals surface area (Å²) in [6.07, 6.45) is 2.05. The Bertz CT molecular complexity index is 592. The van der Waals surface area contributed by atoms with Gasteiger partial charge in [-0.1, -0.05) is 41.4 Å². The highest BCUT2D eigenvalue weighted by atomic mass is 35.5. The molecule has 0 radical (unpaired) electrons. The first-order valence-corrected chi connectivity index (χ1v) is 7.21. The van der Waals surface area contributed by atoms with E-state index in [-0.39, 0.29) is 6.04 Å². The predicted octanol–water partition coefficient (Wildman–Crippen LogP) is 4.92. The maximum atomic E-state index is 6.20. The number of nitrogens with two attached hydrogens (primary N) is 1. The smallest absolute Gasteiger partial charge is 0.0409 e. The van der Waals surface area contributed by atoms with Gasteiger partial charge in [0.15, 0.2) is 0 Å². The third kappa shape index (κ3) is 2.51. The summed E-state index contributed by atoms with van der Waals surface area (Å²) >= 11 is 12.0. The fourth-order valence-corrected chi connectivity index (χ4v) is 3.19. The zero-order valence-electron chi connectivity index (χ0n) is 10.4. The summed E-state index contributed by atoms with van der Waals surface area (Å²) < 4.78 is 0. The van der Waals surface area contributed by atoms with E-state index in [0.29, 0.717) is 5.92 Å². The molecule has 0 bridgehead atoms. The van der Waals surface area contributed by atoms with Crippen LogP contribution in [0.2, 0.25) is 10.0 Å². The van der Waals surface area contributed by atoms with Gasteiger partial charge in [0.05, 0.1) is 0 Å². The van der Waals surface area contributed by atoms with E-state index in [9.17, 15) is 0 Å². The minimum absolute atomic E-state index is 0.0947. The third-order valence-electron chi connectivity index (χ3n) is 3.86. The molecule has 2 aromatic rings. The first-order valence-electron chi connectivity index (χ1n) is 6.45. The third-order valence-corrected chi connectivity index (χ3v) is 4.35. The van der Waals surface area contributed by atoms with Crippen molar-refractivity contribution in [3.63, 3.8) is 0 Å². The van der Waals surface area contributed by atoms with Gasteiger partial charge >= 0.3 is 0 Å². The maximum absolute atomic E-state index is 6.20. The molecule has 98 valence electrons.